The Morgan fingerprint density at radius 2 is 1.18 bits per heavy atom. The highest BCUT2D eigenvalue weighted by atomic mass is 35.5. The number of alkyl halides is 2. The highest BCUT2D eigenvalue weighted by Gasteiger charge is 2.08. The summed E-state index contributed by atoms with van der Waals surface area (Å²) in [5, 5.41) is 17.7. The lowest BCUT2D eigenvalue weighted by atomic mass is 10.3. The molecular weight excluding hydrogens is 335 g/mol. The molecule has 0 aromatic rings. The minimum atomic E-state index is -0.792. The first-order valence-corrected chi connectivity index (χ1v) is 7.35. The summed E-state index contributed by atoms with van der Waals surface area (Å²) in [6.07, 6.45) is -1.58. The van der Waals surface area contributed by atoms with Crippen LogP contribution in [0, 0.1) is 0 Å². The number of aliphatic hydroxyl groups excluding tert-OH is 2. The average Bonchev–Trinajstić information content (AvgIpc) is 2.49. The molecule has 0 aliphatic heterocycles. The molecule has 0 aliphatic rings. The van der Waals surface area contributed by atoms with Crippen LogP contribution in [0.3, 0.4) is 0 Å². The van der Waals surface area contributed by atoms with E-state index in [1.807, 2.05) is 0 Å². The molecule has 22 heavy (non-hydrogen) atoms. The first kappa shape index (κ1) is 23.2. The Balaban J connectivity index is 0. The van der Waals surface area contributed by atoms with Gasteiger partial charge in [0.05, 0.1) is 11.8 Å². The second-order valence-electron chi connectivity index (χ2n) is 4.37. The van der Waals surface area contributed by atoms with Crippen molar-refractivity contribution in [3.8, 4) is 0 Å². The predicted octanol–water partition coefficient (Wildman–Crippen LogP) is 1.41. The molecule has 0 heterocycles. The van der Waals surface area contributed by atoms with Gasteiger partial charge in [-0.15, -0.1) is 23.2 Å². The van der Waals surface area contributed by atoms with Crippen molar-refractivity contribution in [2.45, 2.75) is 26.1 Å². The van der Waals surface area contributed by atoms with Crippen LogP contribution in [-0.2, 0) is 19.1 Å². The quantitative estimate of drug-likeness (QED) is 0.388. The minimum absolute atomic E-state index is 0.0590. The van der Waals surface area contributed by atoms with E-state index < -0.39 is 24.1 Å². The van der Waals surface area contributed by atoms with E-state index in [4.69, 9.17) is 33.4 Å². The monoisotopic (exact) mass is 356 g/mol. The predicted molar refractivity (Wildman–Crippen MR) is 85.0 cm³/mol. The van der Waals surface area contributed by atoms with Crippen LogP contribution < -0.4 is 0 Å². The lowest BCUT2D eigenvalue weighted by molar-refractivity contribution is -0.142. The average molecular weight is 357 g/mol. The van der Waals surface area contributed by atoms with Gasteiger partial charge in [0.15, 0.2) is 0 Å². The highest BCUT2D eigenvalue weighted by molar-refractivity contribution is 6.18. The standard InChI is InChI=1S/2C7H11ClO3/c2*1-5(2)7(10)11-4-6(9)3-8/h2*6,9H,1,3-4H2,2H3. The fraction of sp³-hybridized carbons (Fsp3) is 0.571. The third-order valence-electron chi connectivity index (χ3n) is 1.87. The first-order valence-electron chi connectivity index (χ1n) is 6.28. The number of ether oxygens (including phenoxy) is 2. The van der Waals surface area contributed by atoms with Crippen molar-refractivity contribution in [3.05, 3.63) is 24.3 Å². The summed E-state index contributed by atoms with van der Waals surface area (Å²) in [6, 6.07) is 0. The SMILES string of the molecule is C=C(C)C(=O)OCC(O)CCl.C=C(C)C(=O)OCC(O)CCl. The number of rotatable bonds is 8. The van der Waals surface area contributed by atoms with Gasteiger partial charge in [0, 0.05) is 11.1 Å². The summed E-state index contributed by atoms with van der Waals surface area (Å²) < 4.78 is 9.17. The van der Waals surface area contributed by atoms with Crippen LogP contribution in [0.4, 0.5) is 0 Å². The van der Waals surface area contributed by atoms with Crippen LogP contribution in [0.15, 0.2) is 24.3 Å². The zero-order chi connectivity index (χ0) is 17.7. The first-order chi connectivity index (χ1) is 10.1. The van der Waals surface area contributed by atoms with Gasteiger partial charge < -0.3 is 19.7 Å². The van der Waals surface area contributed by atoms with E-state index in [2.05, 4.69) is 22.6 Å². The number of halogens is 2. The zero-order valence-electron chi connectivity index (χ0n) is 12.7. The molecule has 0 bridgehead atoms. The Hall–Kier alpha value is -1.08. The lowest BCUT2D eigenvalue weighted by Crippen LogP contribution is -2.19. The molecule has 0 rings (SSSR count). The fourth-order valence-corrected chi connectivity index (χ4v) is 0.857. The van der Waals surface area contributed by atoms with Crippen LogP contribution in [-0.4, -0.2) is 59.3 Å². The molecule has 2 atom stereocenters. The highest BCUT2D eigenvalue weighted by Crippen LogP contribution is 1.95. The van der Waals surface area contributed by atoms with Crippen LogP contribution in [0.25, 0.3) is 0 Å². The summed E-state index contributed by atoms with van der Waals surface area (Å²) in [5.74, 6) is -0.893. The second kappa shape index (κ2) is 13.6. The molecule has 0 aliphatic carbocycles. The molecule has 0 spiro atoms. The van der Waals surface area contributed by atoms with Crippen molar-refractivity contribution >= 4 is 35.1 Å². The maximum Gasteiger partial charge on any atom is 0.333 e. The van der Waals surface area contributed by atoms with Gasteiger partial charge in [-0.05, 0) is 13.8 Å². The molecule has 0 saturated carbocycles. The van der Waals surface area contributed by atoms with Crippen molar-refractivity contribution in [2.24, 2.45) is 0 Å². The molecule has 128 valence electrons. The molecule has 8 heteroatoms. The molecule has 0 aromatic heterocycles. The second-order valence-corrected chi connectivity index (χ2v) is 4.99. The van der Waals surface area contributed by atoms with Crippen LogP contribution in [0.1, 0.15) is 13.8 Å². The van der Waals surface area contributed by atoms with Crippen molar-refractivity contribution < 1.29 is 29.3 Å². The number of carbonyl (C=O) groups excluding carboxylic acids is 2. The molecule has 0 radical (unpaired) electrons. The third-order valence-corrected chi connectivity index (χ3v) is 2.58. The summed E-state index contributed by atoms with van der Waals surface area (Å²) in [7, 11) is 0. The Labute approximate surface area is 140 Å². The maximum atomic E-state index is 10.7. The number of hydrogen-bond donors (Lipinski definition) is 2. The Morgan fingerprint density at radius 3 is 1.36 bits per heavy atom. The topological polar surface area (TPSA) is 93.1 Å². The summed E-state index contributed by atoms with van der Waals surface area (Å²) in [4.78, 5) is 21.4. The molecule has 0 saturated heterocycles. The summed E-state index contributed by atoms with van der Waals surface area (Å²) in [6.45, 7) is 9.67. The minimum Gasteiger partial charge on any atom is -0.460 e. The fourth-order valence-electron chi connectivity index (χ4n) is 0.679. The molecular formula is C14H22Cl2O6. The van der Waals surface area contributed by atoms with E-state index in [0.29, 0.717) is 11.1 Å². The van der Waals surface area contributed by atoms with E-state index in [-0.39, 0.29) is 25.0 Å². The van der Waals surface area contributed by atoms with E-state index in [9.17, 15) is 9.59 Å². The van der Waals surface area contributed by atoms with Gasteiger partial charge in [0.2, 0.25) is 0 Å². The van der Waals surface area contributed by atoms with Gasteiger partial charge in [-0.1, -0.05) is 13.2 Å². The van der Waals surface area contributed by atoms with Crippen LogP contribution in [0.5, 0.6) is 0 Å². The van der Waals surface area contributed by atoms with Gasteiger partial charge in [0.1, 0.15) is 25.4 Å². The summed E-state index contributed by atoms with van der Waals surface area (Å²) >= 11 is 10.5. The van der Waals surface area contributed by atoms with Crippen LogP contribution >= 0.6 is 23.2 Å². The van der Waals surface area contributed by atoms with E-state index >= 15 is 0 Å². The molecule has 6 nitrogen and oxygen atoms in total. The molecule has 2 unspecified atom stereocenters. The van der Waals surface area contributed by atoms with Gasteiger partial charge in [-0.25, -0.2) is 9.59 Å². The van der Waals surface area contributed by atoms with Crippen molar-refractivity contribution in [3.63, 3.8) is 0 Å². The van der Waals surface area contributed by atoms with E-state index in [0.717, 1.165) is 0 Å². The van der Waals surface area contributed by atoms with E-state index in [1.54, 1.807) is 0 Å². The Bertz CT molecular complexity index is 348. The third kappa shape index (κ3) is 13.9. The zero-order valence-corrected chi connectivity index (χ0v) is 14.2. The number of hydrogen-bond acceptors (Lipinski definition) is 6. The van der Waals surface area contributed by atoms with Crippen molar-refractivity contribution in [2.75, 3.05) is 25.0 Å². The lowest BCUT2D eigenvalue weighted by Gasteiger charge is -2.07. The van der Waals surface area contributed by atoms with E-state index in [1.165, 1.54) is 13.8 Å². The molecule has 0 aromatic carbocycles. The number of esters is 2. The van der Waals surface area contributed by atoms with Crippen molar-refractivity contribution in [1.82, 2.24) is 0 Å². The smallest absolute Gasteiger partial charge is 0.333 e. The molecule has 0 amide bonds. The molecule has 2 N–H and O–H groups in total. The van der Waals surface area contributed by atoms with Gasteiger partial charge in [-0.2, -0.15) is 0 Å². The van der Waals surface area contributed by atoms with Crippen LogP contribution in [0.2, 0.25) is 0 Å². The van der Waals surface area contributed by atoms with Gasteiger partial charge in [0.25, 0.3) is 0 Å². The number of aliphatic hydroxyl groups is 2. The normalized spacial score (nSPS) is 12.3. The summed E-state index contributed by atoms with van der Waals surface area (Å²) in [5.41, 5.74) is 0.624. The number of carbonyl (C=O) groups is 2. The van der Waals surface area contributed by atoms with Gasteiger partial charge >= 0.3 is 11.9 Å². The molecule has 0 fully saturated rings. The van der Waals surface area contributed by atoms with Crippen molar-refractivity contribution in [1.29, 1.82) is 0 Å². The Morgan fingerprint density at radius 1 is 0.909 bits per heavy atom. The maximum absolute atomic E-state index is 10.7. The Kier molecular flexibility index (Phi) is 14.3. The van der Waals surface area contributed by atoms with Gasteiger partial charge in [-0.3, -0.25) is 0 Å². The largest absolute Gasteiger partial charge is 0.460 e.